The highest BCUT2D eigenvalue weighted by Gasteiger charge is 2.01. The number of carbonyl (C=O) groups excluding carboxylic acids is 1. The molecule has 0 aromatic rings. The molecule has 0 radical (unpaired) electrons. The molecule has 0 aromatic carbocycles. The molecule has 0 aliphatic carbocycles. The Hall–Kier alpha value is -1.41. The van der Waals surface area contributed by atoms with Crippen molar-refractivity contribution in [1.29, 1.82) is 0 Å². The van der Waals surface area contributed by atoms with Gasteiger partial charge >= 0.3 is 5.97 Å². The fraction of sp³-hybridized carbons (Fsp3) is 0.643. The van der Waals surface area contributed by atoms with Crippen LogP contribution in [-0.2, 0) is 9.53 Å². The molecule has 0 saturated carbocycles. The normalized spacial score (nSPS) is 9.12. The predicted molar refractivity (Wildman–Crippen MR) is 65.6 cm³/mol. The highest BCUT2D eigenvalue weighted by Crippen LogP contribution is 2.03. The Morgan fingerprint density at radius 2 is 1.56 bits per heavy atom. The predicted octanol–water partition coefficient (Wildman–Crippen LogP) is 2.92. The van der Waals surface area contributed by atoms with E-state index in [4.69, 9.17) is 17.6 Å². The highest BCUT2D eigenvalue weighted by molar-refractivity contribution is 5.69. The van der Waals surface area contributed by atoms with Gasteiger partial charge in [-0.2, -0.15) is 0 Å². The first kappa shape index (κ1) is 14.6. The molecule has 0 atom stereocenters. The van der Waals surface area contributed by atoms with Gasteiger partial charge in [-0.05, 0) is 19.3 Å². The lowest BCUT2D eigenvalue weighted by atomic mass is 10.1. The Bertz CT molecular complexity index is 255. The summed E-state index contributed by atoms with van der Waals surface area (Å²) in [4.78, 5) is 11.1. The van der Waals surface area contributed by atoms with Gasteiger partial charge in [0.2, 0.25) is 0 Å². The van der Waals surface area contributed by atoms with Crippen LogP contribution < -0.4 is 0 Å². The van der Waals surface area contributed by atoms with Gasteiger partial charge in [-0.1, -0.05) is 12.8 Å². The molecule has 0 unspecified atom stereocenters. The minimum Gasteiger partial charge on any atom is -0.466 e. The van der Waals surface area contributed by atoms with Crippen LogP contribution in [0.25, 0.3) is 0 Å². The largest absolute Gasteiger partial charge is 0.466 e. The van der Waals surface area contributed by atoms with Crippen LogP contribution in [0.2, 0.25) is 0 Å². The van der Waals surface area contributed by atoms with Crippen LogP contribution >= 0.6 is 0 Å². The number of unbranched alkanes of at least 4 members (excludes halogenated alkanes) is 5. The second kappa shape index (κ2) is 11.7. The first-order valence-corrected chi connectivity index (χ1v) is 5.83. The lowest BCUT2D eigenvalue weighted by Crippen LogP contribution is -2.05. The van der Waals surface area contributed by atoms with Crippen molar-refractivity contribution >= 4 is 5.97 Å². The summed E-state index contributed by atoms with van der Waals surface area (Å²) in [5.74, 6) is 4.96. The first-order valence-electron chi connectivity index (χ1n) is 5.83. The summed E-state index contributed by atoms with van der Waals surface area (Å²) in [5, 5.41) is 0. The maximum absolute atomic E-state index is 11.1. The number of hydrogen-bond donors (Lipinski definition) is 0. The van der Waals surface area contributed by atoms with Gasteiger partial charge < -0.3 is 4.74 Å². The SMILES string of the molecule is C#CCCCCCCOC(=O)CCCC#C. The maximum atomic E-state index is 11.1. The molecule has 88 valence electrons. The lowest BCUT2D eigenvalue weighted by molar-refractivity contribution is -0.143. The van der Waals surface area contributed by atoms with E-state index in [2.05, 4.69) is 11.8 Å². The summed E-state index contributed by atoms with van der Waals surface area (Å²) in [6.45, 7) is 0.519. The summed E-state index contributed by atoms with van der Waals surface area (Å²) >= 11 is 0. The molecule has 0 fully saturated rings. The minimum absolute atomic E-state index is 0.140. The summed E-state index contributed by atoms with van der Waals surface area (Å²) in [5.41, 5.74) is 0. The highest BCUT2D eigenvalue weighted by atomic mass is 16.5. The first-order chi connectivity index (χ1) is 7.81. The van der Waals surface area contributed by atoms with Crippen molar-refractivity contribution in [2.24, 2.45) is 0 Å². The molecule has 0 heterocycles. The van der Waals surface area contributed by atoms with Crippen LogP contribution in [0.15, 0.2) is 0 Å². The van der Waals surface area contributed by atoms with Crippen LogP contribution in [0.3, 0.4) is 0 Å². The molecule has 0 amide bonds. The van der Waals surface area contributed by atoms with Crippen LogP contribution in [0, 0.1) is 24.7 Å². The Morgan fingerprint density at radius 1 is 0.938 bits per heavy atom. The molecule has 0 spiro atoms. The number of carbonyl (C=O) groups is 1. The zero-order valence-corrected chi connectivity index (χ0v) is 9.84. The fourth-order valence-corrected chi connectivity index (χ4v) is 1.28. The topological polar surface area (TPSA) is 26.3 Å². The number of hydrogen-bond acceptors (Lipinski definition) is 2. The van der Waals surface area contributed by atoms with Crippen molar-refractivity contribution in [3.8, 4) is 24.7 Å². The second-order valence-corrected chi connectivity index (χ2v) is 3.65. The fourth-order valence-electron chi connectivity index (χ4n) is 1.28. The molecular weight excluding hydrogens is 200 g/mol. The Labute approximate surface area is 98.8 Å². The monoisotopic (exact) mass is 220 g/mol. The van der Waals surface area contributed by atoms with E-state index in [1.807, 2.05) is 0 Å². The van der Waals surface area contributed by atoms with Gasteiger partial charge in [0.25, 0.3) is 0 Å². The van der Waals surface area contributed by atoms with Crippen LogP contribution in [0.5, 0.6) is 0 Å². The van der Waals surface area contributed by atoms with Gasteiger partial charge in [0.05, 0.1) is 6.61 Å². The summed E-state index contributed by atoms with van der Waals surface area (Å²) < 4.78 is 5.05. The average molecular weight is 220 g/mol. The molecule has 0 N–H and O–H groups in total. The summed E-state index contributed by atoms with van der Waals surface area (Å²) in [6.07, 6.45) is 17.0. The van der Waals surface area contributed by atoms with Crippen LogP contribution in [0.1, 0.15) is 51.4 Å². The van der Waals surface area contributed by atoms with Gasteiger partial charge in [-0.25, -0.2) is 0 Å². The second-order valence-electron chi connectivity index (χ2n) is 3.65. The molecule has 0 bridgehead atoms. The molecular formula is C14H20O2. The standard InChI is InChI=1S/C14H20O2/c1-3-5-7-8-9-11-13-16-14(15)12-10-6-4-2/h1-2H,5-13H2. The van der Waals surface area contributed by atoms with Gasteiger partial charge in [-0.15, -0.1) is 24.7 Å². The van der Waals surface area contributed by atoms with Crippen molar-refractivity contribution in [2.75, 3.05) is 6.61 Å². The summed E-state index contributed by atoms with van der Waals surface area (Å²) in [7, 11) is 0. The number of ether oxygens (including phenoxy) is 1. The van der Waals surface area contributed by atoms with E-state index >= 15 is 0 Å². The van der Waals surface area contributed by atoms with Gasteiger partial charge in [0, 0.05) is 19.3 Å². The lowest BCUT2D eigenvalue weighted by Gasteiger charge is -2.03. The van der Waals surface area contributed by atoms with E-state index in [-0.39, 0.29) is 5.97 Å². The third-order valence-corrected chi connectivity index (χ3v) is 2.18. The van der Waals surface area contributed by atoms with E-state index < -0.39 is 0 Å². The van der Waals surface area contributed by atoms with Crippen molar-refractivity contribution < 1.29 is 9.53 Å². The van der Waals surface area contributed by atoms with Crippen molar-refractivity contribution in [1.82, 2.24) is 0 Å². The molecule has 0 rings (SSSR count). The zero-order chi connectivity index (χ0) is 12.1. The third-order valence-electron chi connectivity index (χ3n) is 2.18. The Kier molecular flexibility index (Phi) is 10.6. The number of terminal acetylenes is 2. The minimum atomic E-state index is -0.140. The van der Waals surface area contributed by atoms with E-state index in [1.165, 1.54) is 0 Å². The average Bonchev–Trinajstić information content (AvgIpc) is 2.28. The van der Waals surface area contributed by atoms with Crippen molar-refractivity contribution in [2.45, 2.75) is 51.4 Å². The zero-order valence-electron chi connectivity index (χ0n) is 9.84. The van der Waals surface area contributed by atoms with Gasteiger partial charge in [0.1, 0.15) is 0 Å². The molecule has 0 aromatic heterocycles. The quantitative estimate of drug-likeness (QED) is 0.339. The van der Waals surface area contributed by atoms with Gasteiger partial charge in [0.15, 0.2) is 0 Å². The van der Waals surface area contributed by atoms with Crippen molar-refractivity contribution in [3.63, 3.8) is 0 Å². The van der Waals surface area contributed by atoms with Crippen molar-refractivity contribution in [3.05, 3.63) is 0 Å². The smallest absolute Gasteiger partial charge is 0.305 e. The molecule has 16 heavy (non-hydrogen) atoms. The van der Waals surface area contributed by atoms with E-state index in [1.54, 1.807) is 0 Å². The number of esters is 1. The molecule has 0 aliphatic rings. The number of rotatable bonds is 9. The van der Waals surface area contributed by atoms with Crippen LogP contribution in [0.4, 0.5) is 0 Å². The molecule has 0 aliphatic heterocycles. The molecule has 2 nitrogen and oxygen atoms in total. The Morgan fingerprint density at radius 3 is 2.25 bits per heavy atom. The molecule has 2 heteroatoms. The molecule has 0 saturated heterocycles. The van der Waals surface area contributed by atoms with Crippen LogP contribution in [-0.4, -0.2) is 12.6 Å². The third kappa shape index (κ3) is 10.7. The van der Waals surface area contributed by atoms with E-state index in [0.717, 1.165) is 38.5 Å². The maximum Gasteiger partial charge on any atom is 0.305 e. The van der Waals surface area contributed by atoms with Gasteiger partial charge in [-0.3, -0.25) is 4.79 Å². The Balaban J connectivity index is 3.16. The van der Waals surface area contributed by atoms with E-state index in [9.17, 15) is 4.79 Å². The van der Waals surface area contributed by atoms with E-state index in [0.29, 0.717) is 19.4 Å². The summed E-state index contributed by atoms with van der Waals surface area (Å²) in [6, 6.07) is 0.